The van der Waals surface area contributed by atoms with Gasteiger partial charge in [-0.15, -0.1) is 0 Å². The number of halogens is 1. The lowest BCUT2D eigenvalue weighted by atomic mass is 10.1. The van der Waals surface area contributed by atoms with Gasteiger partial charge in [0.05, 0.1) is 10.6 Å². The Kier molecular flexibility index (Phi) is 5.37. The molecular weight excluding hydrogens is 413 g/mol. The Balaban J connectivity index is 1.74. The maximum atomic E-state index is 13.4. The van der Waals surface area contributed by atoms with E-state index >= 15 is 0 Å². The normalized spacial score (nSPS) is 11.5. The van der Waals surface area contributed by atoms with Crippen molar-refractivity contribution in [2.45, 2.75) is 11.8 Å². The van der Waals surface area contributed by atoms with Crippen LogP contribution in [0.15, 0.2) is 77.7 Å². The molecule has 5 nitrogen and oxygen atoms in total. The number of anilines is 2. The number of benzene rings is 3. The minimum absolute atomic E-state index is 0.180. The molecule has 1 aromatic heterocycles. The Morgan fingerprint density at radius 1 is 0.903 bits per heavy atom. The molecule has 0 saturated carbocycles. The largest absolute Gasteiger partial charge is 0.377 e. The lowest BCUT2D eigenvalue weighted by Crippen LogP contribution is -2.15. The van der Waals surface area contributed by atoms with Crippen molar-refractivity contribution in [1.29, 1.82) is 0 Å². The molecule has 0 fully saturated rings. The highest BCUT2D eigenvalue weighted by Crippen LogP contribution is 2.31. The zero-order valence-electron chi connectivity index (χ0n) is 17.4. The van der Waals surface area contributed by atoms with Gasteiger partial charge in [-0.3, -0.25) is 4.72 Å². The Hall–Kier alpha value is -3.45. The van der Waals surface area contributed by atoms with Crippen molar-refractivity contribution < 1.29 is 12.8 Å². The summed E-state index contributed by atoms with van der Waals surface area (Å²) in [4.78, 5) is 6.58. The second-order valence-electron chi connectivity index (χ2n) is 7.50. The van der Waals surface area contributed by atoms with Gasteiger partial charge in [0.2, 0.25) is 0 Å². The molecule has 4 aromatic rings. The Labute approximate surface area is 181 Å². The standard InChI is InChI=1S/C24H22FN3O2S/c1-16-15-17(25)13-14-18(16)21-9-6-12-24(26-21)27-31(29,30)23-11-5-7-19-20(23)8-4-10-22(19)28(2)3/h4-15H,1-3H3,(H,26,27). The van der Waals surface area contributed by atoms with Gasteiger partial charge in [-0.1, -0.05) is 30.3 Å². The summed E-state index contributed by atoms with van der Waals surface area (Å²) < 4.78 is 42.5. The van der Waals surface area contributed by atoms with Crippen LogP contribution in [0.3, 0.4) is 0 Å². The maximum absolute atomic E-state index is 13.4. The molecule has 0 aliphatic rings. The van der Waals surface area contributed by atoms with Crippen molar-refractivity contribution in [2.24, 2.45) is 0 Å². The van der Waals surface area contributed by atoms with Crippen LogP contribution in [0.2, 0.25) is 0 Å². The topological polar surface area (TPSA) is 62.3 Å². The van der Waals surface area contributed by atoms with Crippen LogP contribution in [0.5, 0.6) is 0 Å². The van der Waals surface area contributed by atoms with E-state index in [0.717, 1.165) is 22.2 Å². The van der Waals surface area contributed by atoms with Crippen molar-refractivity contribution >= 4 is 32.3 Å². The van der Waals surface area contributed by atoms with Crippen LogP contribution in [0.1, 0.15) is 5.56 Å². The first-order valence-electron chi connectivity index (χ1n) is 9.72. The molecule has 4 rings (SSSR count). The van der Waals surface area contributed by atoms with E-state index in [1.807, 2.05) is 37.2 Å². The van der Waals surface area contributed by atoms with E-state index in [1.54, 1.807) is 49.4 Å². The van der Waals surface area contributed by atoms with Crippen LogP contribution in [0.25, 0.3) is 22.0 Å². The number of rotatable bonds is 5. The predicted octanol–water partition coefficient (Wildman–Crippen LogP) is 5.22. The summed E-state index contributed by atoms with van der Waals surface area (Å²) in [5, 5.41) is 1.48. The first-order valence-corrected chi connectivity index (χ1v) is 11.2. The summed E-state index contributed by atoms with van der Waals surface area (Å²) in [7, 11) is -0.0538. The molecular formula is C24H22FN3O2S. The van der Waals surface area contributed by atoms with E-state index in [4.69, 9.17) is 0 Å². The lowest BCUT2D eigenvalue weighted by Gasteiger charge is -2.17. The molecule has 0 radical (unpaired) electrons. The highest BCUT2D eigenvalue weighted by atomic mass is 32.2. The molecule has 31 heavy (non-hydrogen) atoms. The molecule has 0 unspecified atom stereocenters. The monoisotopic (exact) mass is 435 g/mol. The van der Waals surface area contributed by atoms with Crippen molar-refractivity contribution in [2.75, 3.05) is 23.7 Å². The third-order valence-electron chi connectivity index (χ3n) is 5.08. The van der Waals surface area contributed by atoms with Crippen molar-refractivity contribution in [3.05, 3.63) is 84.2 Å². The Morgan fingerprint density at radius 3 is 2.35 bits per heavy atom. The quantitative estimate of drug-likeness (QED) is 0.467. The number of nitrogens with one attached hydrogen (secondary N) is 1. The van der Waals surface area contributed by atoms with Crippen molar-refractivity contribution in [3.8, 4) is 11.3 Å². The molecule has 0 aliphatic carbocycles. The molecule has 0 bridgehead atoms. The molecule has 1 heterocycles. The van der Waals surface area contributed by atoms with Crippen LogP contribution < -0.4 is 9.62 Å². The fourth-order valence-electron chi connectivity index (χ4n) is 3.64. The number of hydrogen-bond donors (Lipinski definition) is 1. The average Bonchev–Trinajstić information content (AvgIpc) is 2.72. The summed E-state index contributed by atoms with van der Waals surface area (Å²) in [5.41, 5.74) is 2.95. The number of nitrogens with zero attached hydrogens (tertiary/aromatic N) is 2. The number of fused-ring (bicyclic) bond motifs is 1. The van der Waals surface area contributed by atoms with Gasteiger partial charge in [-0.2, -0.15) is 0 Å². The molecule has 158 valence electrons. The summed E-state index contributed by atoms with van der Waals surface area (Å²) in [6.45, 7) is 1.79. The molecule has 0 saturated heterocycles. The minimum atomic E-state index is -3.89. The highest BCUT2D eigenvalue weighted by molar-refractivity contribution is 7.93. The van der Waals surface area contributed by atoms with Crippen molar-refractivity contribution in [3.63, 3.8) is 0 Å². The summed E-state index contributed by atoms with van der Waals surface area (Å²) in [6, 6.07) is 20.3. The lowest BCUT2D eigenvalue weighted by molar-refractivity contribution is 0.602. The van der Waals surface area contributed by atoms with Crippen LogP contribution in [0, 0.1) is 12.7 Å². The number of pyridine rings is 1. The smallest absolute Gasteiger partial charge is 0.263 e. The summed E-state index contributed by atoms with van der Waals surface area (Å²) >= 11 is 0. The molecule has 1 N–H and O–H groups in total. The molecule has 0 aliphatic heterocycles. The van der Waals surface area contributed by atoms with E-state index in [0.29, 0.717) is 11.1 Å². The molecule has 7 heteroatoms. The van der Waals surface area contributed by atoms with E-state index in [-0.39, 0.29) is 16.5 Å². The van der Waals surface area contributed by atoms with Gasteiger partial charge in [-0.25, -0.2) is 17.8 Å². The van der Waals surface area contributed by atoms with Crippen LogP contribution >= 0.6 is 0 Å². The highest BCUT2D eigenvalue weighted by Gasteiger charge is 2.19. The first kappa shape index (κ1) is 20.8. The molecule has 0 atom stereocenters. The van der Waals surface area contributed by atoms with Gasteiger partial charge in [0.1, 0.15) is 11.6 Å². The summed E-state index contributed by atoms with van der Waals surface area (Å²) in [6.07, 6.45) is 0. The van der Waals surface area contributed by atoms with Gasteiger partial charge in [-0.05, 0) is 55.0 Å². The summed E-state index contributed by atoms with van der Waals surface area (Å²) in [5.74, 6) is -0.131. The van der Waals surface area contributed by atoms with Gasteiger partial charge < -0.3 is 4.90 Å². The number of aromatic nitrogens is 1. The Morgan fingerprint density at radius 2 is 1.61 bits per heavy atom. The fraction of sp³-hybridized carbons (Fsp3) is 0.125. The minimum Gasteiger partial charge on any atom is -0.377 e. The second-order valence-corrected chi connectivity index (χ2v) is 9.15. The number of hydrogen-bond acceptors (Lipinski definition) is 4. The third kappa shape index (κ3) is 4.09. The molecule has 0 amide bonds. The Bertz CT molecular complexity index is 1380. The average molecular weight is 436 g/mol. The van der Waals surface area contributed by atoms with Gasteiger partial charge >= 0.3 is 0 Å². The number of sulfonamides is 1. The van der Waals surface area contributed by atoms with Gasteiger partial charge in [0, 0.05) is 36.1 Å². The van der Waals surface area contributed by atoms with E-state index < -0.39 is 10.0 Å². The third-order valence-corrected chi connectivity index (χ3v) is 6.50. The number of aryl methyl sites for hydroxylation is 1. The zero-order chi connectivity index (χ0) is 22.2. The maximum Gasteiger partial charge on any atom is 0.263 e. The SMILES string of the molecule is Cc1cc(F)ccc1-c1cccc(NS(=O)(=O)c2cccc3c(N(C)C)cccc23)n1. The second kappa shape index (κ2) is 8.00. The van der Waals surface area contributed by atoms with E-state index in [2.05, 4.69) is 9.71 Å². The molecule has 3 aromatic carbocycles. The van der Waals surface area contributed by atoms with Crippen LogP contribution in [-0.2, 0) is 10.0 Å². The van der Waals surface area contributed by atoms with E-state index in [1.165, 1.54) is 12.1 Å². The van der Waals surface area contributed by atoms with Gasteiger partial charge in [0.25, 0.3) is 10.0 Å². The van der Waals surface area contributed by atoms with Crippen molar-refractivity contribution in [1.82, 2.24) is 4.98 Å². The van der Waals surface area contributed by atoms with Gasteiger partial charge in [0.15, 0.2) is 0 Å². The van der Waals surface area contributed by atoms with E-state index in [9.17, 15) is 12.8 Å². The fourth-order valence-corrected chi connectivity index (χ4v) is 4.86. The predicted molar refractivity (Wildman–Crippen MR) is 123 cm³/mol. The first-order chi connectivity index (χ1) is 14.8. The zero-order valence-corrected chi connectivity index (χ0v) is 18.2. The van der Waals surface area contributed by atoms with Crippen LogP contribution in [0.4, 0.5) is 15.9 Å². The molecule has 0 spiro atoms. The van der Waals surface area contributed by atoms with Crippen LogP contribution in [-0.4, -0.2) is 27.5 Å².